The molecule has 0 aliphatic heterocycles. The third-order valence-corrected chi connectivity index (χ3v) is 4.69. The van der Waals surface area contributed by atoms with Gasteiger partial charge in [0.2, 0.25) is 0 Å². The van der Waals surface area contributed by atoms with Crippen molar-refractivity contribution in [2.75, 3.05) is 4.72 Å². The average molecular weight is 301 g/mol. The van der Waals surface area contributed by atoms with Crippen LogP contribution in [0.15, 0.2) is 59.9 Å². The lowest BCUT2D eigenvalue weighted by Gasteiger charge is -2.11. The molecule has 3 rings (SSSR count). The summed E-state index contributed by atoms with van der Waals surface area (Å²) in [6.07, 6.45) is 3.39. The van der Waals surface area contributed by atoms with E-state index in [1.807, 2.05) is 25.1 Å². The zero-order valence-corrected chi connectivity index (χ0v) is 12.3. The number of hydrogen-bond donors (Lipinski definition) is 1. The van der Waals surface area contributed by atoms with Crippen molar-refractivity contribution in [1.82, 2.24) is 9.55 Å². The Labute approximate surface area is 123 Å². The first kappa shape index (κ1) is 13.6. The number of anilines is 1. The molecule has 6 heteroatoms. The van der Waals surface area contributed by atoms with E-state index in [1.165, 1.54) is 0 Å². The zero-order chi connectivity index (χ0) is 14.9. The normalized spacial score (nSPS) is 11.7. The van der Waals surface area contributed by atoms with Gasteiger partial charge in [-0.15, -0.1) is 0 Å². The largest absolute Gasteiger partial charge is 0.338 e. The van der Waals surface area contributed by atoms with Crippen molar-refractivity contribution in [2.24, 2.45) is 0 Å². The van der Waals surface area contributed by atoms with Gasteiger partial charge in [-0.25, -0.2) is 0 Å². The monoisotopic (exact) mass is 301 g/mol. The molecule has 0 spiro atoms. The molecule has 0 aliphatic carbocycles. The lowest BCUT2D eigenvalue weighted by atomic mass is 10.2. The van der Waals surface area contributed by atoms with Crippen LogP contribution in [0.4, 0.5) is 5.69 Å². The second kappa shape index (κ2) is 5.21. The fourth-order valence-electron chi connectivity index (χ4n) is 2.29. The standard InChI is InChI=1S/C15H15N3O2S/c1-2-18-11-5-9-14(18)21(19,20)17-13-8-3-6-12-7-4-10-16-15(12)13/h3-11,17H,2H2,1H3. The molecule has 0 amide bonds. The average Bonchev–Trinajstić information content (AvgIpc) is 2.97. The van der Waals surface area contributed by atoms with E-state index in [4.69, 9.17) is 0 Å². The summed E-state index contributed by atoms with van der Waals surface area (Å²) in [7, 11) is -3.63. The molecule has 2 heterocycles. The van der Waals surface area contributed by atoms with Crippen molar-refractivity contribution in [3.63, 3.8) is 0 Å². The molecule has 2 aromatic heterocycles. The molecule has 0 fully saturated rings. The van der Waals surface area contributed by atoms with Gasteiger partial charge in [0.05, 0.1) is 11.2 Å². The van der Waals surface area contributed by atoms with Crippen molar-refractivity contribution in [3.05, 3.63) is 54.9 Å². The van der Waals surface area contributed by atoms with Crippen LogP contribution >= 0.6 is 0 Å². The molecule has 0 radical (unpaired) electrons. The fraction of sp³-hybridized carbons (Fsp3) is 0.133. The number of para-hydroxylation sites is 1. The van der Waals surface area contributed by atoms with Gasteiger partial charge in [0.25, 0.3) is 10.0 Å². The summed E-state index contributed by atoms with van der Waals surface area (Å²) < 4.78 is 29.4. The van der Waals surface area contributed by atoms with Gasteiger partial charge in [-0.3, -0.25) is 9.71 Å². The Balaban J connectivity index is 2.06. The van der Waals surface area contributed by atoms with E-state index in [0.717, 1.165) is 5.39 Å². The molecule has 0 saturated heterocycles. The number of benzene rings is 1. The molecule has 1 N–H and O–H groups in total. The summed E-state index contributed by atoms with van der Waals surface area (Å²) in [5.74, 6) is 0. The second-order valence-electron chi connectivity index (χ2n) is 4.62. The smallest absolute Gasteiger partial charge is 0.277 e. The number of rotatable bonds is 4. The van der Waals surface area contributed by atoms with Crippen molar-refractivity contribution in [1.29, 1.82) is 0 Å². The van der Waals surface area contributed by atoms with E-state index in [1.54, 1.807) is 41.2 Å². The van der Waals surface area contributed by atoms with Crippen molar-refractivity contribution >= 4 is 26.6 Å². The summed E-state index contributed by atoms with van der Waals surface area (Å²) in [4.78, 5) is 4.26. The van der Waals surface area contributed by atoms with E-state index in [2.05, 4.69) is 9.71 Å². The number of nitrogens with zero attached hydrogens (tertiary/aromatic N) is 2. The summed E-state index contributed by atoms with van der Waals surface area (Å²) >= 11 is 0. The van der Waals surface area contributed by atoms with Gasteiger partial charge in [0.1, 0.15) is 0 Å². The summed E-state index contributed by atoms with van der Waals surface area (Å²) in [6.45, 7) is 2.50. The maximum absolute atomic E-state index is 12.5. The minimum absolute atomic E-state index is 0.248. The van der Waals surface area contributed by atoms with Crippen molar-refractivity contribution < 1.29 is 8.42 Å². The first-order valence-electron chi connectivity index (χ1n) is 6.63. The Hall–Kier alpha value is -2.34. The predicted octanol–water partition coefficient (Wildman–Crippen LogP) is 2.86. The van der Waals surface area contributed by atoms with Crippen LogP contribution < -0.4 is 4.72 Å². The van der Waals surface area contributed by atoms with Crippen LogP contribution in [0.25, 0.3) is 10.9 Å². The highest BCUT2D eigenvalue weighted by atomic mass is 32.2. The molecule has 108 valence electrons. The summed E-state index contributed by atoms with van der Waals surface area (Å²) in [5.41, 5.74) is 1.12. The highest BCUT2D eigenvalue weighted by Crippen LogP contribution is 2.23. The highest BCUT2D eigenvalue weighted by molar-refractivity contribution is 7.92. The highest BCUT2D eigenvalue weighted by Gasteiger charge is 2.19. The van der Waals surface area contributed by atoms with Crippen molar-refractivity contribution in [2.45, 2.75) is 18.5 Å². The van der Waals surface area contributed by atoms with Crippen LogP contribution in [0.2, 0.25) is 0 Å². The van der Waals surface area contributed by atoms with Gasteiger partial charge in [0, 0.05) is 24.3 Å². The first-order chi connectivity index (χ1) is 10.1. The third kappa shape index (κ3) is 2.50. The number of hydrogen-bond acceptors (Lipinski definition) is 3. The molecule has 21 heavy (non-hydrogen) atoms. The SMILES string of the molecule is CCn1cccc1S(=O)(=O)Nc1cccc2cccnc12. The topological polar surface area (TPSA) is 64.0 Å². The van der Waals surface area contributed by atoms with Gasteiger partial charge in [-0.2, -0.15) is 8.42 Å². The van der Waals surface area contributed by atoms with Gasteiger partial charge < -0.3 is 4.57 Å². The van der Waals surface area contributed by atoms with E-state index < -0.39 is 10.0 Å². The zero-order valence-electron chi connectivity index (χ0n) is 11.5. The Kier molecular flexibility index (Phi) is 3.39. The van der Waals surface area contributed by atoms with Gasteiger partial charge in [-0.1, -0.05) is 18.2 Å². The maximum Gasteiger partial charge on any atom is 0.277 e. The molecule has 0 unspecified atom stereocenters. The molecule has 1 aromatic carbocycles. The van der Waals surface area contributed by atoms with E-state index in [-0.39, 0.29) is 5.03 Å². The quantitative estimate of drug-likeness (QED) is 0.806. The molecular formula is C15H15N3O2S. The molecule has 0 saturated carbocycles. The Morgan fingerprint density at radius 1 is 1.14 bits per heavy atom. The van der Waals surface area contributed by atoms with E-state index >= 15 is 0 Å². The molecule has 0 aliphatic rings. The van der Waals surface area contributed by atoms with Crippen molar-refractivity contribution in [3.8, 4) is 0 Å². The molecular weight excluding hydrogens is 286 g/mol. The number of pyridine rings is 1. The lowest BCUT2D eigenvalue weighted by Crippen LogP contribution is -2.17. The van der Waals surface area contributed by atoms with Gasteiger partial charge in [0.15, 0.2) is 5.03 Å². The Morgan fingerprint density at radius 3 is 2.76 bits per heavy atom. The maximum atomic E-state index is 12.5. The summed E-state index contributed by atoms with van der Waals surface area (Å²) in [6, 6.07) is 12.4. The Bertz CT molecular complexity index is 879. The fourth-order valence-corrected chi connectivity index (χ4v) is 3.60. The molecule has 0 bridgehead atoms. The predicted molar refractivity (Wildman–Crippen MR) is 82.7 cm³/mol. The number of aryl methyl sites for hydroxylation is 1. The third-order valence-electron chi connectivity index (χ3n) is 3.28. The summed E-state index contributed by atoms with van der Waals surface area (Å²) in [5, 5.41) is 1.14. The Morgan fingerprint density at radius 2 is 1.95 bits per heavy atom. The lowest BCUT2D eigenvalue weighted by molar-refractivity contribution is 0.583. The van der Waals surface area contributed by atoms with Crippen LogP contribution in [0, 0.1) is 0 Å². The molecule has 3 aromatic rings. The van der Waals surface area contributed by atoms with Crippen LogP contribution in [-0.4, -0.2) is 18.0 Å². The van der Waals surface area contributed by atoms with Gasteiger partial charge in [-0.05, 0) is 31.2 Å². The molecule has 5 nitrogen and oxygen atoms in total. The minimum Gasteiger partial charge on any atom is -0.338 e. The van der Waals surface area contributed by atoms with Gasteiger partial charge >= 0.3 is 0 Å². The van der Waals surface area contributed by atoms with Crippen LogP contribution in [0.1, 0.15) is 6.92 Å². The van der Waals surface area contributed by atoms with Crippen LogP contribution in [0.5, 0.6) is 0 Å². The molecule has 0 atom stereocenters. The van der Waals surface area contributed by atoms with Crippen LogP contribution in [0.3, 0.4) is 0 Å². The van der Waals surface area contributed by atoms with E-state index in [0.29, 0.717) is 17.7 Å². The first-order valence-corrected chi connectivity index (χ1v) is 8.12. The number of nitrogens with one attached hydrogen (secondary N) is 1. The number of sulfonamides is 1. The number of aromatic nitrogens is 2. The van der Waals surface area contributed by atoms with E-state index in [9.17, 15) is 8.42 Å². The minimum atomic E-state index is -3.63. The van der Waals surface area contributed by atoms with Crippen LogP contribution in [-0.2, 0) is 16.6 Å². The number of fused-ring (bicyclic) bond motifs is 1. The second-order valence-corrected chi connectivity index (χ2v) is 6.25.